The highest BCUT2D eigenvalue weighted by molar-refractivity contribution is 5.30. The first-order chi connectivity index (χ1) is 10.7. The smallest absolute Gasteiger partial charge is 0.0829 e. The van der Waals surface area contributed by atoms with E-state index in [2.05, 4.69) is 35.2 Å². The van der Waals surface area contributed by atoms with Crippen molar-refractivity contribution in [2.24, 2.45) is 5.92 Å². The summed E-state index contributed by atoms with van der Waals surface area (Å²) in [5, 5.41) is 20.0. The van der Waals surface area contributed by atoms with E-state index in [-0.39, 0.29) is 5.92 Å². The summed E-state index contributed by atoms with van der Waals surface area (Å²) in [6.07, 6.45) is 5.71. The molecule has 22 heavy (non-hydrogen) atoms. The lowest BCUT2D eigenvalue weighted by atomic mass is 9.78. The molecule has 1 aliphatic heterocycles. The molecule has 2 atom stereocenters. The fraction of sp³-hybridized carbons (Fsp3) is 0.632. The van der Waals surface area contributed by atoms with Crippen molar-refractivity contribution in [3.63, 3.8) is 0 Å². The van der Waals surface area contributed by atoms with Crippen molar-refractivity contribution in [3.05, 3.63) is 35.4 Å². The Balaban J connectivity index is 1.62. The molecule has 0 bridgehead atoms. The fourth-order valence-electron chi connectivity index (χ4n) is 4.21. The molecule has 1 saturated heterocycles. The molecule has 1 N–H and O–H groups in total. The van der Waals surface area contributed by atoms with Gasteiger partial charge in [-0.05, 0) is 49.7 Å². The minimum Gasteiger partial charge on any atom is -0.388 e. The molecule has 2 aliphatic rings. The maximum Gasteiger partial charge on any atom is 0.0829 e. The van der Waals surface area contributed by atoms with Gasteiger partial charge in [0.2, 0.25) is 0 Å². The van der Waals surface area contributed by atoms with Gasteiger partial charge in [0.25, 0.3) is 0 Å². The van der Waals surface area contributed by atoms with Crippen LogP contribution in [0, 0.1) is 17.2 Å². The topological polar surface area (TPSA) is 47.3 Å². The zero-order chi connectivity index (χ0) is 15.6. The van der Waals surface area contributed by atoms with E-state index in [1.807, 2.05) is 6.92 Å². The number of benzene rings is 1. The number of piperidine rings is 1. The van der Waals surface area contributed by atoms with E-state index in [0.29, 0.717) is 6.04 Å². The van der Waals surface area contributed by atoms with Crippen LogP contribution in [0.15, 0.2) is 24.3 Å². The molecule has 0 radical (unpaired) electrons. The normalized spacial score (nSPS) is 26.0. The average Bonchev–Trinajstić information content (AvgIpc) is 2.56. The average molecular weight is 298 g/mol. The predicted molar refractivity (Wildman–Crippen MR) is 87.4 cm³/mol. The summed E-state index contributed by atoms with van der Waals surface area (Å²) < 4.78 is 0. The van der Waals surface area contributed by atoms with E-state index in [0.717, 1.165) is 45.2 Å². The Kier molecular flexibility index (Phi) is 4.52. The van der Waals surface area contributed by atoms with Crippen molar-refractivity contribution < 1.29 is 5.11 Å². The largest absolute Gasteiger partial charge is 0.388 e. The van der Waals surface area contributed by atoms with Gasteiger partial charge in [0.15, 0.2) is 0 Å². The quantitative estimate of drug-likeness (QED) is 0.933. The van der Waals surface area contributed by atoms with Gasteiger partial charge in [-0.1, -0.05) is 31.2 Å². The number of fused-ring (bicyclic) bond motifs is 1. The lowest BCUT2D eigenvalue weighted by Crippen LogP contribution is -2.52. The monoisotopic (exact) mass is 298 g/mol. The highest BCUT2D eigenvalue weighted by atomic mass is 16.3. The lowest BCUT2D eigenvalue weighted by Gasteiger charge is -2.44. The summed E-state index contributed by atoms with van der Waals surface area (Å²) in [6, 6.07) is 11.7. The van der Waals surface area contributed by atoms with E-state index in [1.165, 1.54) is 17.5 Å². The van der Waals surface area contributed by atoms with Crippen LogP contribution in [0.4, 0.5) is 0 Å². The van der Waals surface area contributed by atoms with E-state index in [4.69, 9.17) is 0 Å². The molecular formula is C19H26N2O. The molecule has 0 amide bonds. The first-order valence-electron chi connectivity index (χ1n) is 8.59. The number of likely N-dealkylation sites (tertiary alicyclic amines) is 1. The third kappa shape index (κ3) is 2.91. The van der Waals surface area contributed by atoms with Gasteiger partial charge in [0.05, 0.1) is 17.6 Å². The van der Waals surface area contributed by atoms with E-state index in [9.17, 15) is 10.4 Å². The van der Waals surface area contributed by atoms with Crippen LogP contribution >= 0.6 is 0 Å². The van der Waals surface area contributed by atoms with E-state index >= 15 is 0 Å². The highest BCUT2D eigenvalue weighted by Crippen LogP contribution is 2.34. The van der Waals surface area contributed by atoms with Gasteiger partial charge in [-0.2, -0.15) is 5.26 Å². The van der Waals surface area contributed by atoms with Crippen LogP contribution in [0.3, 0.4) is 0 Å². The second-order valence-corrected chi connectivity index (χ2v) is 6.89. The van der Waals surface area contributed by atoms with Crippen molar-refractivity contribution in [1.82, 2.24) is 4.90 Å². The minimum atomic E-state index is -0.771. The molecule has 1 aromatic carbocycles. The third-order valence-electron chi connectivity index (χ3n) is 5.71. The number of aliphatic hydroxyl groups is 1. The van der Waals surface area contributed by atoms with Crippen molar-refractivity contribution in [1.29, 1.82) is 5.26 Å². The Bertz CT molecular complexity index is 555. The van der Waals surface area contributed by atoms with Gasteiger partial charge in [0, 0.05) is 19.1 Å². The van der Waals surface area contributed by atoms with Crippen molar-refractivity contribution >= 4 is 0 Å². The van der Waals surface area contributed by atoms with Gasteiger partial charge < -0.3 is 5.11 Å². The van der Waals surface area contributed by atoms with Crippen LogP contribution in [0.25, 0.3) is 0 Å². The van der Waals surface area contributed by atoms with E-state index in [1.54, 1.807) is 0 Å². The highest BCUT2D eigenvalue weighted by Gasteiger charge is 2.40. The summed E-state index contributed by atoms with van der Waals surface area (Å²) >= 11 is 0. The molecule has 1 fully saturated rings. The number of nitrogens with zero attached hydrogens (tertiary/aromatic N) is 2. The molecule has 3 heteroatoms. The standard InChI is InChI=1S/C19H26N2O/c1-2-17(14-20)19(22)9-11-21(12-10-19)18-8-7-15-5-3-4-6-16(15)13-18/h3-6,17-18,22H,2,7-13H2,1H3. The number of hydrogen-bond acceptors (Lipinski definition) is 3. The molecule has 1 aliphatic carbocycles. The first-order valence-corrected chi connectivity index (χ1v) is 8.59. The lowest BCUT2D eigenvalue weighted by molar-refractivity contribution is -0.0602. The molecular weight excluding hydrogens is 272 g/mol. The molecule has 3 rings (SSSR count). The maximum absolute atomic E-state index is 10.8. The Hall–Kier alpha value is -1.37. The summed E-state index contributed by atoms with van der Waals surface area (Å²) in [5.41, 5.74) is 2.22. The summed E-state index contributed by atoms with van der Waals surface area (Å²) in [6.45, 7) is 3.83. The second kappa shape index (κ2) is 6.40. The van der Waals surface area contributed by atoms with Crippen LogP contribution in [-0.2, 0) is 12.8 Å². The number of aryl methyl sites for hydroxylation is 1. The van der Waals surface area contributed by atoms with Gasteiger partial charge in [-0.25, -0.2) is 0 Å². The Morgan fingerprint density at radius 1 is 1.32 bits per heavy atom. The molecule has 2 unspecified atom stereocenters. The van der Waals surface area contributed by atoms with Crippen LogP contribution in [0.5, 0.6) is 0 Å². The molecule has 1 aromatic rings. The number of rotatable bonds is 3. The van der Waals surface area contributed by atoms with Crippen LogP contribution in [-0.4, -0.2) is 34.7 Å². The molecule has 0 aromatic heterocycles. The SMILES string of the molecule is CCC(C#N)C1(O)CCN(C2CCc3ccccc3C2)CC1. The van der Waals surface area contributed by atoms with Gasteiger partial charge >= 0.3 is 0 Å². The summed E-state index contributed by atoms with van der Waals surface area (Å²) in [4.78, 5) is 2.54. The van der Waals surface area contributed by atoms with E-state index < -0.39 is 5.60 Å². The van der Waals surface area contributed by atoms with Crippen LogP contribution < -0.4 is 0 Å². The predicted octanol–water partition coefficient (Wildman–Crippen LogP) is 2.92. The van der Waals surface area contributed by atoms with Crippen molar-refractivity contribution in [3.8, 4) is 6.07 Å². The Morgan fingerprint density at radius 3 is 2.64 bits per heavy atom. The maximum atomic E-state index is 10.8. The molecule has 1 heterocycles. The van der Waals surface area contributed by atoms with Crippen LogP contribution in [0.1, 0.15) is 43.7 Å². The van der Waals surface area contributed by atoms with Crippen molar-refractivity contribution in [2.75, 3.05) is 13.1 Å². The van der Waals surface area contributed by atoms with Gasteiger partial charge in [0.1, 0.15) is 0 Å². The molecule has 0 spiro atoms. The van der Waals surface area contributed by atoms with Crippen molar-refractivity contribution in [2.45, 2.75) is 57.1 Å². The zero-order valence-electron chi connectivity index (χ0n) is 13.5. The van der Waals surface area contributed by atoms with Gasteiger partial charge in [-0.3, -0.25) is 4.90 Å². The Morgan fingerprint density at radius 2 is 2.00 bits per heavy atom. The first kappa shape index (κ1) is 15.5. The molecule has 3 nitrogen and oxygen atoms in total. The zero-order valence-corrected chi connectivity index (χ0v) is 13.5. The Labute approximate surface area is 133 Å². The summed E-state index contributed by atoms with van der Waals surface area (Å²) in [7, 11) is 0. The van der Waals surface area contributed by atoms with Gasteiger partial charge in [-0.15, -0.1) is 0 Å². The third-order valence-corrected chi connectivity index (χ3v) is 5.71. The molecule has 0 saturated carbocycles. The second-order valence-electron chi connectivity index (χ2n) is 6.89. The molecule has 118 valence electrons. The fourth-order valence-corrected chi connectivity index (χ4v) is 4.21. The number of nitriles is 1. The van der Waals surface area contributed by atoms with Crippen LogP contribution in [0.2, 0.25) is 0 Å². The minimum absolute atomic E-state index is 0.221. The number of hydrogen-bond donors (Lipinski definition) is 1. The summed E-state index contributed by atoms with van der Waals surface area (Å²) in [5.74, 6) is -0.221.